The number of halogens is 3. The maximum Gasteiger partial charge on any atom is 0.416 e. The van der Waals surface area contributed by atoms with E-state index in [4.69, 9.17) is 0 Å². The number of nitrogens with zero attached hydrogens (tertiary/aromatic N) is 1. The summed E-state index contributed by atoms with van der Waals surface area (Å²) in [5.41, 5.74) is -0.996. The zero-order valence-corrected chi connectivity index (χ0v) is 11.7. The highest BCUT2D eigenvalue weighted by molar-refractivity contribution is 6.21. The molecule has 0 radical (unpaired) electrons. The Morgan fingerprint density at radius 2 is 1.67 bits per heavy atom. The fourth-order valence-electron chi connectivity index (χ4n) is 2.37. The third kappa shape index (κ3) is 3.09. The van der Waals surface area contributed by atoms with Crippen LogP contribution in [0.1, 0.15) is 58.9 Å². The van der Waals surface area contributed by atoms with E-state index in [2.05, 4.69) is 0 Å². The topological polar surface area (TPSA) is 37.4 Å². The van der Waals surface area contributed by atoms with Crippen molar-refractivity contribution in [3.63, 3.8) is 0 Å². The molecule has 0 bridgehead atoms. The fraction of sp³-hybridized carbons (Fsp3) is 0.467. The fourth-order valence-corrected chi connectivity index (χ4v) is 2.37. The lowest BCUT2D eigenvalue weighted by Gasteiger charge is -2.13. The highest BCUT2D eigenvalue weighted by Gasteiger charge is 2.38. The molecule has 2 rings (SSSR count). The van der Waals surface area contributed by atoms with Crippen LogP contribution in [0.4, 0.5) is 13.2 Å². The first-order chi connectivity index (χ1) is 9.86. The Bertz CT molecular complexity index is 567. The molecular weight excluding hydrogens is 283 g/mol. The number of alkyl halides is 3. The summed E-state index contributed by atoms with van der Waals surface area (Å²) >= 11 is 0. The molecule has 2 amide bonds. The molecule has 0 saturated carbocycles. The van der Waals surface area contributed by atoms with Crippen molar-refractivity contribution in [3.8, 4) is 0 Å². The van der Waals surface area contributed by atoms with E-state index in [1.807, 2.05) is 6.92 Å². The Morgan fingerprint density at radius 1 is 1.00 bits per heavy atom. The standard InChI is InChI=1S/C15H16F3NO2/c1-2-3-4-5-8-19-13(20)11-7-6-10(15(16,17)18)9-12(11)14(19)21/h6-7,9H,2-5,8H2,1H3. The first-order valence-corrected chi connectivity index (χ1v) is 6.93. The van der Waals surface area contributed by atoms with E-state index in [9.17, 15) is 22.8 Å². The second kappa shape index (κ2) is 5.87. The number of carbonyl (C=O) groups is 2. The summed E-state index contributed by atoms with van der Waals surface area (Å²) in [6.07, 6.45) is -0.936. The molecule has 0 aliphatic carbocycles. The van der Waals surface area contributed by atoms with Gasteiger partial charge in [0.05, 0.1) is 16.7 Å². The number of hydrogen-bond acceptors (Lipinski definition) is 2. The van der Waals surface area contributed by atoms with E-state index >= 15 is 0 Å². The van der Waals surface area contributed by atoms with Crippen LogP contribution in [-0.2, 0) is 6.18 Å². The molecular formula is C15H16F3NO2. The Labute approximate surface area is 120 Å². The summed E-state index contributed by atoms with van der Waals surface area (Å²) in [5, 5.41) is 0. The van der Waals surface area contributed by atoms with Gasteiger partial charge in [0, 0.05) is 6.54 Å². The van der Waals surface area contributed by atoms with Gasteiger partial charge in [0.1, 0.15) is 0 Å². The minimum absolute atomic E-state index is 0.0588. The van der Waals surface area contributed by atoms with Crippen molar-refractivity contribution < 1.29 is 22.8 Å². The summed E-state index contributed by atoms with van der Waals surface area (Å²) in [5.74, 6) is -1.13. The van der Waals surface area contributed by atoms with Gasteiger partial charge in [-0.1, -0.05) is 26.2 Å². The highest BCUT2D eigenvalue weighted by Crippen LogP contribution is 2.33. The summed E-state index contributed by atoms with van der Waals surface area (Å²) in [6, 6.07) is 2.69. The number of carbonyl (C=O) groups excluding carboxylic acids is 2. The number of rotatable bonds is 5. The molecule has 1 aromatic rings. The van der Waals surface area contributed by atoms with Gasteiger partial charge in [0.2, 0.25) is 0 Å². The van der Waals surface area contributed by atoms with E-state index in [0.717, 1.165) is 42.4 Å². The average Bonchev–Trinajstić information content (AvgIpc) is 2.67. The zero-order valence-electron chi connectivity index (χ0n) is 11.7. The lowest BCUT2D eigenvalue weighted by atomic mass is 10.1. The predicted octanol–water partition coefficient (Wildman–Crippen LogP) is 3.88. The van der Waals surface area contributed by atoms with Gasteiger partial charge in [-0.25, -0.2) is 0 Å². The molecule has 0 saturated heterocycles. The van der Waals surface area contributed by atoms with Gasteiger partial charge in [0.15, 0.2) is 0 Å². The van der Waals surface area contributed by atoms with Gasteiger partial charge in [-0.15, -0.1) is 0 Å². The smallest absolute Gasteiger partial charge is 0.274 e. The van der Waals surface area contributed by atoms with E-state index in [1.54, 1.807) is 0 Å². The van der Waals surface area contributed by atoms with Crippen LogP contribution in [0.15, 0.2) is 18.2 Å². The first-order valence-electron chi connectivity index (χ1n) is 6.93. The molecule has 21 heavy (non-hydrogen) atoms. The maximum absolute atomic E-state index is 12.7. The SMILES string of the molecule is CCCCCCN1C(=O)c2ccc(C(F)(F)F)cc2C1=O. The van der Waals surface area contributed by atoms with E-state index in [1.165, 1.54) is 0 Å². The van der Waals surface area contributed by atoms with Crippen LogP contribution in [0.3, 0.4) is 0 Å². The van der Waals surface area contributed by atoms with Gasteiger partial charge >= 0.3 is 6.18 Å². The number of amides is 2. The number of unbranched alkanes of at least 4 members (excludes halogenated alkanes) is 3. The van der Waals surface area contributed by atoms with E-state index < -0.39 is 23.6 Å². The van der Waals surface area contributed by atoms with Gasteiger partial charge in [-0.05, 0) is 24.6 Å². The number of benzene rings is 1. The Balaban J connectivity index is 2.18. The molecule has 0 aromatic heterocycles. The van der Waals surface area contributed by atoms with Crippen molar-refractivity contribution in [1.29, 1.82) is 0 Å². The van der Waals surface area contributed by atoms with Gasteiger partial charge in [-0.2, -0.15) is 13.2 Å². The molecule has 0 N–H and O–H groups in total. The van der Waals surface area contributed by atoms with Crippen molar-refractivity contribution in [2.75, 3.05) is 6.54 Å². The molecule has 0 atom stereocenters. The molecule has 0 unspecified atom stereocenters. The molecule has 3 nitrogen and oxygen atoms in total. The second-order valence-corrected chi connectivity index (χ2v) is 5.08. The van der Waals surface area contributed by atoms with Gasteiger partial charge in [0.25, 0.3) is 11.8 Å². The number of hydrogen-bond donors (Lipinski definition) is 0. The third-order valence-electron chi connectivity index (χ3n) is 3.53. The Kier molecular flexibility index (Phi) is 4.34. The number of imide groups is 1. The molecule has 0 spiro atoms. The summed E-state index contributed by atoms with van der Waals surface area (Å²) in [6.45, 7) is 2.30. The van der Waals surface area contributed by atoms with Crippen molar-refractivity contribution in [2.45, 2.75) is 38.8 Å². The molecule has 114 valence electrons. The van der Waals surface area contributed by atoms with Crippen LogP contribution in [0.25, 0.3) is 0 Å². The first kappa shape index (κ1) is 15.5. The van der Waals surface area contributed by atoms with Crippen molar-refractivity contribution in [3.05, 3.63) is 34.9 Å². The second-order valence-electron chi connectivity index (χ2n) is 5.08. The maximum atomic E-state index is 12.7. The zero-order chi connectivity index (χ0) is 15.6. The molecule has 1 aliphatic heterocycles. The normalized spacial score (nSPS) is 14.8. The average molecular weight is 299 g/mol. The molecule has 1 aromatic carbocycles. The van der Waals surface area contributed by atoms with Crippen LogP contribution in [0.5, 0.6) is 0 Å². The van der Waals surface area contributed by atoms with Crippen molar-refractivity contribution in [2.24, 2.45) is 0 Å². The van der Waals surface area contributed by atoms with Crippen molar-refractivity contribution >= 4 is 11.8 Å². The largest absolute Gasteiger partial charge is 0.416 e. The van der Waals surface area contributed by atoms with E-state index in [-0.39, 0.29) is 17.7 Å². The van der Waals surface area contributed by atoms with Gasteiger partial charge in [-0.3, -0.25) is 14.5 Å². The molecule has 0 fully saturated rings. The van der Waals surface area contributed by atoms with Crippen LogP contribution in [0.2, 0.25) is 0 Å². The van der Waals surface area contributed by atoms with Crippen LogP contribution in [-0.4, -0.2) is 23.3 Å². The quantitative estimate of drug-likeness (QED) is 0.611. The Hall–Kier alpha value is -1.85. The summed E-state index contributed by atoms with van der Waals surface area (Å²) in [7, 11) is 0. The molecule has 1 aliphatic rings. The van der Waals surface area contributed by atoms with Crippen molar-refractivity contribution in [1.82, 2.24) is 4.90 Å². The predicted molar refractivity (Wildman–Crippen MR) is 71.0 cm³/mol. The monoisotopic (exact) mass is 299 g/mol. The molecule has 6 heteroatoms. The summed E-state index contributed by atoms with van der Waals surface area (Å²) in [4.78, 5) is 25.2. The highest BCUT2D eigenvalue weighted by atomic mass is 19.4. The Morgan fingerprint density at radius 3 is 2.29 bits per heavy atom. The lowest BCUT2D eigenvalue weighted by Crippen LogP contribution is -2.30. The van der Waals surface area contributed by atoms with Gasteiger partial charge < -0.3 is 0 Å². The van der Waals surface area contributed by atoms with E-state index in [0.29, 0.717) is 6.42 Å². The third-order valence-corrected chi connectivity index (χ3v) is 3.53. The summed E-state index contributed by atoms with van der Waals surface area (Å²) < 4.78 is 38.0. The van der Waals surface area contributed by atoms with Crippen LogP contribution in [0, 0.1) is 0 Å². The lowest BCUT2D eigenvalue weighted by molar-refractivity contribution is -0.137. The molecule has 1 heterocycles. The minimum atomic E-state index is -4.52. The van der Waals surface area contributed by atoms with Crippen LogP contribution >= 0.6 is 0 Å². The minimum Gasteiger partial charge on any atom is -0.274 e. The van der Waals surface area contributed by atoms with Crippen LogP contribution < -0.4 is 0 Å². The number of fused-ring (bicyclic) bond motifs is 1.